The molecule has 6 aliphatic rings. The van der Waals surface area contributed by atoms with Crippen molar-refractivity contribution in [1.29, 1.82) is 0 Å². The molecule has 1 aromatic carbocycles. The summed E-state index contributed by atoms with van der Waals surface area (Å²) in [5.74, 6) is 0. The van der Waals surface area contributed by atoms with E-state index in [2.05, 4.69) is 62.7 Å². The van der Waals surface area contributed by atoms with Gasteiger partial charge in [-0.1, -0.05) is 45.9 Å². The third-order valence-corrected chi connectivity index (χ3v) is 11.7. The van der Waals surface area contributed by atoms with E-state index in [-0.39, 0.29) is 21.7 Å². The summed E-state index contributed by atoms with van der Waals surface area (Å²) >= 11 is 0. The molecular formula is C32H33N3. The van der Waals surface area contributed by atoms with Crippen LogP contribution in [0.2, 0.25) is 0 Å². The predicted octanol–water partition coefficient (Wildman–Crippen LogP) is 7.83. The van der Waals surface area contributed by atoms with E-state index in [9.17, 15) is 0 Å². The minimum atomic E-state index is 0.235. The lowest BCUT2D eigenvalue weighted by Crippen LogP contribution is -2.45. The number of fused-ring (bicyclic) bond motifs is 10. The topological polar surface area (TPSA) is 30.2 Å². The minimum absolute atomic E-state index is 0.235. The Kier molecular flexibility index (Phi) is 3.07. The molecule has 35 heavy (non-hydrogen) atoms. The molecule has 0 aliphatic heterocycles. The zero-order valence-electron chi connectivity index (χ0n) is 21.4. The summed E-state index contributed by atoms with van der Waals surface area (Å²) in [6.45, 7) is 9.94. The highest BCUT2D eigenvalue weighted by Crippen LogP contribution is 2.60. The van der Waals surface area contributed by atoms with Crippen LogP contribution >= 0.6 is 0 Å². The highest BCUT2D eigenvalue weighted by atomic mass is 15.0. The normalized spacial score (nSPS) is 35.5. The molecule has 2 fully saturated rings. The summed E-state index contributed by atoms with van der Waals surface area (Å²) in [5.41, 5.74) is 10.8. The van der Waals surface area contributed by atoms with Crippen molar-refractivity contribution in [3.05, 3.63) is 53.1 Å². The molecule has 0 saturated heterocycles. The fourth-order valence-electron chi connectivity index (χ4n) is 9.22. The molecule has 4 heterocycles. The van der Waals surface area contributed by atoms with Crippen LogP contribution in [0.3, 0.4) is 0 Å². The van der Waals surface area contributed by atoms with E-state index in [4.69, 9.17) is 9.97 Å². The third kappa shape index (κ3) is 1.96. The molecule has 0 spiro atoms. The number of rotatable bonds is 0. The first-order chi connectivity index (χ1) is 16.8. The van der Waals surface area contributed by atoms with E-state index >= 15 is 0 Å². The number of pyridine rings is 2. The summed E-state index contributed by atoms with van der Waals surface area (Å²) in [6, 6.07) is 7.08. The van der Waals surface area contributed by atoms with E-state index < -0.39 is 0 Å². The van der Waals surface area contributed by atoms with Crippen LogP contribution in [0.5, 0.6) is 0 Å². The smallest absolute Gasteiger partial charge is 0.0728 e. The van der Waals surface area contributed by atoms with Gasteiger partial charge in [0.1, 0.15) is 0 Å². The second kappa shape index (κ2) is 5.51. The van der Waals surface area contributed by atoms with Crippen molar-refractivity contribution >= 4 is 38.1 Å². The van der Waals surface area contributed by atoms with Gasteiger partial charge >= 0.3 is 0 Å². The lowest BCUT2D eigenvalue weighted by atomic mass is 9.53. The first-order valence-corrected chi connectivity index (χ1v) is 13.8. The summed E-state index contributed by atoms with van der Waals surface area (Å²) < 4.78 is 2.54. The van der Waals surface area contributed by atoms with Crippen LogP contribution in [0.25, 0.3) is 38.1 Å². The minimum Gasteiger partial charge on any atom is -0.305 e. The van der Waals surface area contributed by atoms with Crippen LogP contribution in [0.15, 0.2) is 30.6 Å². The molecule has 0 atom stereocenters. The van der Waals surface area contributed by atoms with Crippen molar-refractivity contribution in [2.75, 3.05) is 0 Å². The van der Waals surface area contributed by atoms with Crippen LogP contribution in [-0.2, 0) is 21.7 Å². The standard InChI is InChI=1S/C32H33N3/c1-29-8-12-31(3,13-9-29)27-24(29)22-18-6-5-7-19-23-21(35(26(18)19)20(22)16-33-27)17-34-28-25(23)30(2)10-14-32(28,4)15-11-30/h5-7,16-17H,8-15H2,1-4H3. The summed E-state index contributed by atoms with van der Waals surface area (Å²) in [7, 11) is 0. The van der Waals surface area contributed by atoms with Gasteiger partial charge in [0.2, 0.25) is 0 Å². The molecule has 2 saturated carbocycles. The van der Waals surface area contributed by atoms with Gasteiger partial charge in [-0.3, -0.25) is 9.97 Å². The molecule has 4 aromatic heterocycles. The zero-order valence-corrected chi connectivity index (χ0v) is 21.4. The van der Waals surface area contributed by atoms with E-state index in [1.807, 2.05) is 0 Å². The van der Waals surface area contributed by atoms with E-state index in [1.54, 1.807) is 11.1 Å². The fraction of sp³-hybridized carbons (Fsp3) is 0.500. The fourth-order valence-corrected chi connectivity index (χ4v) is 9.22. The number of hydrogen-bond acceptors (Lipinski definition) is 2. The van der Waals surface area contributed by atoms with Crippen molar-refractivity contribution in [3.63, 3.8) is 0 Å². The average Bonchev–Trinajstić information content (AvgIpc) is 3.39. The molecule has 3 nitrogen and oxygen atoms in total. The first-order valence-electron chi connectivity index (χ1n) is 13.8. The number of hydrogen-bond donors (Lipinski definition) is 0. The van der Waals surface area contributed by atoms with Gasteiger partial charge < -0.3 is 4.40 Å². The van der Waals surface area contributed by atoms with Gasteiger partial charge in [0.05, 0.1) is 40.3 Å². The Morgan fingerprint density at radius 1 is 0.600 bits per heavy atom. The van der Waals surface area contributed by atoms with E-state index in [0.29, 0.717) is 0 Å². The molecule has 176 valence electrons. The lowest BCUT2D eigenvalue weighted by molar-refractivity contribution is 0.184. The molecule has 5 aromatic rings. The van der Waals surface area contributed by atoms with Gasteiger partial charge in [-0.05, 0) is 73.3 Å². The van der Waals surface area contributed by atoms with Gasteiger partial charge in [0.25, 0.3) is 0 Å². The Morgan fingerprint density at radius 2 is 1.00 bits per heavy atom. The highest BCUT2D eigenvalue weighted by Gasteiger charge is 2.51. The molecule has 0 unspecified atom stereocenters. The molecule has 6 aliphatic carbocycles. The SMILES string of the molecule is CC12CCC(C)(CC1)c1c2ncc2c1c1cccc3c4c5c(ncc4n2c13)C1(C)CCC5(C)CC1. The molecular weight excluding hydrogens is 426 g/mol. The quantitative estimate of drug-likeness (QED) is 0.236. The average molecular weight is 460 g/mol. The van der Waals surface area contributed by atoms with Crippen molar-refractivity contribution in [1.82, 2.24) is 14.4 Å². The molecule has 4 bridgehead atoms. The second-order valence-corrected chi connectivity index (χ2v) is 13.8. The van der Waals surface area contributed by atoms with Crippen molar-refractivity contribution in [3.8, 4) is 0 Å². The van der Waals surface area contributed by atoms with Crippen LogP contribution in [0.1, 0.15) is 102 Å². The van der Waals surface area contributed by atoms with Crippen molar-refractivity contribution in [2.24, 2.45) is 0 Å². The molecule has 0 radical (unpaired) electrons. The number of aromatic nitrogens is 3. The maximum atomic E-state index is 5.26. The summed E-state index contributed by atoms with van der Waals surface area (Å²) in [6.07, 6.45) is 14.6. The van der Waals surface area contributed by atoms with E-state index in [0.717, 1.165) is 0 Å². The highest BCUT2D eigenvalue weighted by molar-refractivity contribution is 6.24. The first kappa shape index (κ1) is 19.5. The largest absolute Gasteiger partial charge is 0.305 e. The van der Waals surface area contributed by atoms with E-state index in [1.165, 1.54) is 101 Å². The van der Waals surface area contributed by atoms with Crippen molar-refractivity contribution < 1.29 is 0 Å². The maximum Gasteiger partial charge on any atom is 0.0728 e. The molecule has 0 amide bonds. The van der Waals surface area contributed by atoms with Gasteiger partial charge in [0.15, 0.2) is 0 Å². The summed E-state index contributed by atoms with van der Waals surface area (Å²) in [5, 5.41) is 5.80. The number of nitrogens with zero attached hydrogens (tertiary/aromatic N) is 3. The Bertz CT molecular complexity index is 1630. The Hall–Kier alpha value is -2.68. The van der Waals surface area contributed by atoms with Gasteiger partial charge in [-0.25, -0.2) is 0 Å². The van der Waals surface area contributed by atoms with Crippen molar-refractivity contribution in [2.45, 2.75) is 101 Å². The molecule has 3 heteroatoms. The Morgan fingerprint density at radius 3 is 1.43 bits per heavy atom. The lowest BCUT2D eigenvalue weighted by Gasteiger charge is -2.51. The molecule has 0 N–H and O–H groups in total. The van der Waals surface area contributed by atoms with Crippen LogP contribution < -0.4 is 0 Å². The van der Waals surface area contributed by atoms with Crippen LogP contribution in [0, 0.1) is 0 Å². The molecule has 11 rings (SSSR count). The van der Waals surface area contributed by atoms with Gasteiger partial charge in [-0.15, -0.1) is 0 Å². The predicted molar refractivity (Wildman–Crippen MR) is 143 cm³/mol. The van der Waals surface area contributed by atoms with Crippen LogP contribution in [-0.4, -0.2) is 14.4 Å². The third-order valence-electron chi connectivity index (χ3n) is 11.7. The zero-order chi connectivity index (χ0) is 23.5. The van der Waals surface area contributed by atoms with Gasteiger partial charge in [-0.2, -0.15) is 0 Å². The second-order valence-electron chi connectivity index (χ2n) is 13.8. The number of para-hydroxylation sites is 1. The summed E-state index contributed by atoms with van der Waals surface area (Å²) in [4.78, 5) is 10.5. The number of benzene rings is 1. The Balaban J connectivity index is 1.50. The maximum absolute atomic E-state index is 5.26. The Labute approximate surface area is 206 Å². The van der Waals surface area contributed by atoms with Crippen LogP contribution in [0.4, 0.5) is 0 Å². The van der Waals surface area contributed by atoms with Gasteiger partial charge in [0, 0.05) is 32.4 Å². The monoisotopic (exact) mass is 459 g/mol.